The number of hydrogen-bond acceptors (Lipinski definition) is 3. The van der Waals surface area contributed by atoms with E-state index in [9.17, 15) is 0 Å². The third kappa shape index (κ3) is 2.36. The van der Waals surface area contributed by atoms with Gasteiger partial charge in [-0.05, 0) is 18.1 Å². The summed E-state index contributed by atoms with van der Waals surface area (Å²) in [5, 5.41) is 0. The zero-order valence-corrected chi connectivity index (χ0v) is 9.95. The SMILES string of the molecule is CCCc1ccc2c(c1)C(NOC)CCO2. The predicted molar refractivity (Wildman–Crippen MR) is 63.4 cm³/mol. The van der Waals surface area contributed by atoms with Gasteiger partial charge in [-0.3, -0.25) is 0 Å². The fraction of sp³-hybridized carbons (Fsp3) is 0.538. The minimum absolute atomic E-state index is 0.255. The standard InChI is InChI=1S/C13H19NO2/c1-3-4-10-5-6-13-11(9-10)12(14-15-2)7-8-16-13/h5-6,9,12,14H,3-4,7-8H2,1-2H3. The first-order valence-corrected chi connectivity index (χ1v) is 5.89. The second-order valence-electron chi connectivity index (χ2n) is 4.13. The van der Waals surface area contributed by atoms with Crippen molar-refractivity contribution in [3.63, 3.8) is 0 Å². The van der Waals surface area contributed by atoms with Crippen LogP contribution in [0.1, 0.15) is 36.9 Å². The Balaban J connectivity index is 2.25. The summed E-state index contributed by atoms with van der Waals surface area (Å²) in [5.41, 5.74) is 5.62. The van der Waals surface area contributed by atoms with E-state index in [-0.39, 0.29) is 6.04 Å². The predicted octanol–water partition coefficient (Wildman–Crippen LogP) is 2.61. The molecule has 1 N–H and O–H groups in total. The van der Waals surface area contributed by atoms with Gasteiger partial charge in [-0.2, -0.15) is 5.48 Å². The molecule has 0 amide bonds. The summed E-state index contributed by atoms with van der Waals surface area (Å²) in [5.74, 6) is 0.987. The molecule has 3 nitrogen and oxygen atoms in total. The lowest BCUT2D eigenvalue weighted by Gasteiger charge is -2.26. The molecule has 1 unspecified atom stereocenters. The van der Waals surface area contributed by atoms with Crippen LogP contribution in [0.3, 0.4) is 0 Å². The molecule has 0 spiro atoms. The lowest BCUT2D eigenvalue weighted by atomic mass is 9.97. The highest BCUT2D eigenvalue weighted by atomic mass is 16.6. The molecular weight excluding hydrogens is 202 g/mol. The maximum atomic E-state index is 5.64. The van der Waals surface area contributed by atoms with Crippen molar-refractivity contribution in [1.82, 2.24) is 5.48 Å². The molecule has 0 bridgehead atoms. The van der Waals surface area contributed by atoms with E-state index >= 15 is 0 Å². The van der Waals surface area contributed by atoms with Crippen molar-refractivity contribution in [2.45, 2.75) is 32.2 Å². The van der Waals surface area contributed by atoms with E-state index < -0.39 is 0 Å². The fourth-order valence-electron chi connectivity index (χ4n) is 2.15. The molecular formula is C13H19NO2. The van der Waals surface area contributed by atoms with Crippen LogP contribution in [0.2, 0.25) is 0 Å². The van der Waals surface area contributed by atoms with Crippen molar-refractivity contribution in [2.75, 3.05) is 13.7 Å². The lowest BCUT2D eigenvalue weighted by Crippen LogP contribution is -2.26. The summed E-state index contributed by atoms with van der Waals surface area (Å²) in [7, 11) is 1.66. The molecule has 88 valence electrons. The van der Waals surface area contributed by atoms with E-state index in [0.29, 0.717) is 0 Å². The molecule has 0 saturated carbocycles. The van der Waals surface area contributed by atoms with E-state index in [4.69, 9.17) is 9.57 Å². The number of fused-ring (bicyclic) bond motifs is 1. The summed E-state index contributed by atoms with van der Waals surface area (Å²) in [6.07, 6.45) is 3.24. The van der Waals surface area contributed by atoms with Gasteiger partial charge in [-0.1, -0.05) is 25.5 Å². The minimum Gasteiger partial charge on any atom is -0.493 e. The molecule has 0 aliphatic carbocycles. The Bertz CT molecular complexity index is 352. The van der Waals surface area contributed by atoms with Crippen molar-refractivity contribution in [2.24, 2.45) is 0 Å². The van der Waals surface area contributed by atoms with Crippen molar-refractivity contribution < 1.29 is 9.57 Å². The molecule has 0 fully saturated rings. The fourth-order valence-corrected chi connectivity index (χ4v) is 2.15. The van der Waals surface area contributed by atoms with Gasteiger partial charge in [0.05, 0.1) is 19.8 Å². The van der Waals surface area contributed by atoms with E-state index in [1.807, 2.05) is 0 Å². The molecule has 2 rings (SSSR count). The number of hydroxylamine groups is 1. The molecule has 0 saturated heterocycles. The van der Waals surface area contributed by atoms with Crippen LogP contribution in [0.4, 0.5) is 0 Å². The van der Waals surface area contributed by atoms with Gasteiger partial charge in [0.15, 0.2) is 0 Å². The van der Waals surface area contributed by atoms with Gasteiger partial charge in [0.25, 0.3) is 0 Å². The highest BCUT2D eigenvalue weighted by molar-refractivity contribution is 5.40. The summed E-state index contributed by atoms with van der Waals surface area (Å²) >= 11 is 0. The summed E-state index contributed by atoms with van der Waals surface area (Å²) in [6.45, 7) is 2.95. The lowest BCUT2D eigenvalue weighted by molar-refractivity contribution is 0.0462. The smallest absolute Gasteiger partial charge is 0.124 e. The highest BCUT2D eigenvalue weighted by Gasteiger charge is 2.21. The molecule has 0 aromatic heterocycles. The van der Waals surface area contributed by atoms with Crippen LogP contribution in [-0.2, 0) is 11.3 Å². The number of ether oxygens (including phenoxy) is 1. The first-order valence-electron chi connectivity index (χ1n) is 5.89. The van der Waals surface area contributed by atoms with Crippen molar-refractivity contribution in [3.05, 3.63) is 29.3 Å². The zero-order chi connectivity index (χ0) is 11.4. The largest absolute Gasteiger partial charge is 0.493 e. The van der Waals surface area contributed by atoms with Gasteiger partial charge in [0.1, 0.15) is 5.75 Å². The molecule has 1 aliphatic rings. The van der Waals surface area contributed by atoms with Gasteiger partial charge in [-0.25, -0.2) is 0 Å². The number of nitrogens with one attached hydrogen (secondary N) is 1. The van der Waals surface area contributed by atoms with Crippen LogP contribution < -0.4 is 10.2 Å². The van der Waals surface area contributed by atoms with Crippen LogP contribution in [0, 0.1) is 0 Å². The maximum Gasteiger partial charge on any atom is 0.124 e. The Morgan fingerprint density at radius 3 is 3.12 bits per heavy atom. The maximum absolute atomic E-state index is 5.64. The minimum atomic E-state index is 0.255. The van der Waals surface area contributed by atoms with E-state index in [2.05, 4.69) is 30.6 Å². The number of aryl methyl sites for hydroxylation is 1. The van der Waals surface area contributed by atoms with Crippen molar-refractivity contribution >= 4 is 0 Å². The molecule has 3 heteroatoms. The van der Waals surface area contributed by atoms with Gasteiger partial charge >= 0.3 is 0 Å². The Hall–Kier alpha value is -1.06. The summed E-state index contributed by atoms with van der Waals surface area (Å²) in [6, 6.07) is 6.71. The topological polar surface area (TPSA) is 30.5 Å². The Morgan fingerprint density at radius 1 is 1.50 bits per heavy atom. The van der Waals surface area contributed by atoms with Crippen LogP contribution >= 0.6 is 0 Å². The Morgan fingerprint density at radius 2 is 2.38 bits per heavy atom. The molecule has 1 aromatic carbocycles. The number of benzene rings is 1. The van der Waals surface area contributed by atoms with Gasteiger partial charge in [-0.15, -0.1) is 0 Å². The first-order chi connectivity index (χ1) is 7.85. The van der Waals surface area contributed by atoms with Gasteiger partial charge < -0.3 is 9.57 Å². The normalized spacial score (nSPS) is 19.0. The van der Waals surface area contributed by atoms with E-state index in [0.717, 1.165) is 25.2 Å². The average molecular weight is 221 g/mol. The summed E-state index contributed by atoms with van der Waals surface area (Å²) < 4.78 is 5.64. The third-order valence-electron chi connectivity index (χ3n) is 2.91. The highest BCUT2D eigenvalue weighted by Crippen LogP contribution is 2.32. The van der Waals surface area contributed by atoms with Crippen molar-refractivity contribution in [3.8, 4) is 5.75 Å². The van der Waals surface area contributed by atoms with Gasteiger partial charge in [0, 0.05) is 12.0 Å². The molecule has 0 radical (unpaired) electrons. The second kappa shape index (κ2) is 5.32. The Labute approximate surface area is 96.7 Å². The number of hydrogen-bond donors (Lipinski definition) is 1. The van der Waals surface area contributed by atoms with Crippen LogP contribution in [0.25, 0.3) is 0 Å². The average Bonchev–Trinajstić information content (AvgIpc) is 2.31. The molecule has 1 aromatic rings. The Kier molecular flexibility index (Phi) is 3.80. The molecule has 16 heavy (non-hydrogen) atoms. The van der Waals surface area contributed by atoms with Crippen molar-refractivity contribution in [1.29, 1.82) is 0 Å². The quantitative estimate of drug-likeness (QED) is 0.793. The van der Waals surface area contributed by atoms with Crippen LogP contribution in [0.5, 0.6) is 5.75 Å². The zero-order valence-electron chi connectivity index (χ0n) is 9.95. The second-order valence-corrected chi connectivity index (χ2v) is 4.13. The van der Waals surface area contributed by atoms with E-state index in [1.54, 1.807) is 7.11 Å². The molecule has 1 aliphatic heterocycles. The monoisotopic (exact) mass is 221 g/mol. The van der Waals surface area contributed by atoms with E-state index in [1.165, 1.54) is 17.5 Å². The van der Waals surface area contributed by atoms with Crippen LogP contribution in [-0.4, -0.2) is 13.7 Å². The molecule has 1 heterocycles. The van der Waals surface area contributed by atoms with Crippen LogP contribution in [0.15, 0.2) is 18.2 Å². The molecule has 1 atom stereocenters. The first kappa shape index (κ1) is 11.4. The van der Waals surface area contributed by atoms with Gasteiger partial charge in [0.2, 0.25) is 0 Å². The third-order valence-corrected chi connectivity index (χ3v) is 2.91. The number of rotatable bonds is 4. The summed E-state index contributed by atoms with van der Waals surface area (Å²) in [4.78, 5) is 5.03.